The van der Waals surface area contributed by atoms with Gasteiger partial charge in [0.15, 0.2) is 0 Å². The van der Waals surface area contributed by atoms with Gasteiger partial charge >= 0.3 is 0 Å². The summed E-state index contributed by atoms with van der Waals surface area (Å²) in [5.74, 6) is 0.592. The molecule has 3 nitrogen and oxygen atoms in total. The third-order valence-electron chi connectivity index (χ3n) is 2.42. The van der Waals surface area contributed by atoms with Gasteiger partial charge in [-0.15, -0.1) is 11.3 Å². The van der Waals surface area contributed by atoms with Crippen LogP contribution in [-0.4, -0.2) is 17.6 Å². The normalized spacial score (nSPS) is 15.9. The summed E-state index contributed by atoms with van der Waals surface area (Å²) in [6.45, 7) is 6.70. The lowest BCUT2D eigenvalue weighted by Gasteiger charge is -2.04. The van der Waals surface area contributed by atoms with E-state index in [1.54, 1.807) is 11.3 Å². The second-order valence-corrected chi connectivity index (χ2v) is 5.74. The monoisotopic (exact) mass is 240 g/mol. The highest BCUT2D eigenvalue weighted by Gasteiger charge is 2.20. The van der Waals surface area contributed by atoms with E-state index in [2.05, 4.69) is 29.5 Å². The Morgan fingerprint density at radius 3 is 3.06 bits per heavy atom. The molecule has 1 N–H and O–H groups in total. The topological polar surface area (TPSA) is 34.1 Å². The molecule has 0 radical (unpaired) electrons. The number of thiazole rings is 1. The van der Waals surface area contributed by atoms with Gasteiger partial charge in [-0.05, 0) is 18.8 Å². The van der Waals surface area contributed by atoms with Crippen LogP contribution in [0.4, 0.5) is 0 Å². The van der Waals surface area contributed by atoms with Crippen LogP contribution in [0.25, 0.3) is 0 Å². The van der Waals surface area contributed by atoms with Crippen LogP contribution in [0.2, 0.25) is 0 Å². The lowest BCUT2D eigenvalue weighted by Crippen LogP contribution is -2.15. The molecule has 1 saturated carbocycles. The molecule has 1 aromatic rings. The maximum atomic E-state index is 5.56. The second-order valence-electron chi connectivity index (χ2n) is 4.80. The van der Waals surface area contributed by atoms with Crippen molar-refractivity contribution in [2.45, 2.75) is 45.9 Å². The molecule has 0 aliphatic heterocycles. The van der Waals surface area contributed by atoms with E-state index < -0.39 is 0 Å². The average molecular weight is 240 g/mol. The lowest BCUT2D eigenvalue weighted by molar-refractivity contribution is 0.0950. The summed E-state index contributed by atoms with van der Waals surface area (Å²) in [6, 6.07) is 0.754. The van der Waals surface area contributed by atoms with Gasteiger partial charge in [0.05, 0.1) is 12.3 Å². The second kappa shape index (κ2) is 5.75. The third kappa shape index (κ3) is 4.20. The Morgan fingerprint density at radius 1 is 1.56 bits per heavy atom. The highest BCUT2D eigenvalue weighted by molar-refractivity contribution is 7.09. The minimum atomic E-state index is 0.592. The van der Waals surface area contributed by atoms with Crippen molar-refractivity contribution in [2.24, 2.45) is 5.92 Å². The van der Waals surface area contributed by atoms with Crippen molar-refractivity contribution in [1.82, 2.24) is 10.3 Å². The molecule has 2 rings (SSSR count). The quantitative estimate of drug-likeness (QED) is 0.795. The first-order valence-corrected chi connectivity index (χ1v) is 6.86. The van der Waals surface area contributed by atoms with E-state index in [0.717, 1.165) is 24.9 Å². The molecule has 1 heterocycles. The number of rotatable bonds is 7. The van der Waals surface area contributed by atoms with Crippen LogP contribution < -0.4 is 5.32 Å². The fourth-order valence-electron chi connectivity index (χ4n) is 1.41. The first-order chi connectivity index (χ1) is 7.74. The molecule has 0 saturated heterocycles. The van der Waals surface area contributed by atoms with E-state index in [0.29, 0.717) is 12.5 Å². The summed E-state index contributed by atoms with van der Waals surface area (Å²) in [7, 11) is 0. The fraction of sp³-hybridized carbons (Fsp3) is 0.750. The van der Waals surface area contributed by atoms with Gasteiger partial charge in [-0.2, -0.15) is 0 Å². The molecule has 0 unspecified atom stereocenters. The van der Waals surface area contributed by atoms with Crippen molar-refractivity contribution >= 4 is 11.3 Å². The Labute approximate surface area is 101 Å². The van der Waals surface area contributed by atoms with Crippen molar-refractivity contribution in [3.05, 3.63) is 16.1 Å². The van der Waals surface area contributed by atoms with Gasteiger partial charge in [-0.25, -0.2) is 4.98 Å². The number of nitrogens with zero attached hydrogens (tertiary/aromatic N) is 1. The highest BCUT2D eigenvalue weighted by atomic mass is 32.1. The Balaban J connectivity index is 1.68. The zero-order valence-electron chi connectivity index (χ0n) is 10.0. The number of hydrogen-bond donors (Lipinski definition) is 1. The minimum absolute atomic E-state index is 0.592. The molecule has 0 aromatic carbocycles. The molecule has 16 heavy (non-hydrogen) atoms. The summed E-state index contributed by atoms with van der Waals surface area (Å²) >= 11 is 1.72. The molecule has 0 spiro atoms. The minimum Gasteiger partial charge on any atom is -0.375 e. The van der Waals surface area contributed by atoms with Gasteiger partial charge in [0.25, 0.3) is 0 Å². The maximum absolute atomic E-state index is 5.56. The molecule has 1 aliphatic carbocycles. The maximum Gasteiger partial charge on any atom is 0.107 e. The van der Waals surface area contributed by atoms with E-state index in [1.807, 2.05) is 0 Å². The number of nitrogens with one attached hydrogen (secondary N) is 1. The van der Waals surface area contributed by atoms with Gasteiger partial charge in [0.2, 0.25) is 0 Å². The zero-order chi connectivity index (χ0) is 11.4. The third-order valence-corrected chi connectivity index (χ3v) is 3.32. The summed E-state index contributed by atoms with van der Waals surface area (Å²) in [5, 5.41) is 6.75. The van der Waals surface area contributed by atoms with Crippen LogP contribution in [0.1, 0.15) is 37.4 Å². The van der Waals surface area contributed by atoms with E-state index in [-0.39, 0.29) is 0 Å². The predicted molar refractivity (Wildman–Crippen MR) is 66.5 cm³/mol. The van der Waals surface area contributed by atoms with Gasteiger partial charge in [-0.1, -0.05) is 13.8 Å². The molecular weight excluding hydrogens is 220 g/mol. The van der Waals surface area contributed by atoms with Crippen LogP contribution >= 0.6 is 11.3 Å². The molecule has 90 valence electrons. The summed E-state index contributed by atoms with van der Waals surface area (Å²) in [4.78, 5) is 4.54. The SMILES string of the molecule is CC(C)COCc1csc(CNC2CC2)n1. The summed E-state index contributed by atoms with van der Waals surface area (Å²) in [5.41, 5.74) is 1.07. The van der Waals surface area contributed by atoms with Gasteiger partial charge < -0.3 is 10.1 Å². The van der Waals surface area contributed by atoms with E-state index in [4.69, 9.17) is 4.74 Å². The lowest BCUT2D eigenvalue weighted by atomic mass is 10.2. The van der Waals surface area contributed by atoms with E-state index in [9.17, 15) is 0 Å². The molecular formula is C12H20N2OS. The fourth-order valence-corrected chi connectivity index (χ4v) is 2.14. The van der Waals surface area contributed by atoms with Gasteiger partial charge in [0, 0.05) is 24.6 Å². The largest absolute Gasteiger partial charge is 0.375 e. The molecule has 0 amide bonds. The van der Waals surface area contributed by atoms with Crippen LogP contribution in [0.5, 0.6) is 0 Å². The van der Waals surface area contributed by atoms with Crippen molar-refractivity contribution in [1.29, 1.82) is 0 Å². The smallest absolute Gasteiger partial charge is 0.107 e. The molecule has 0 atom stereocenters. The molecule has 4 heteroatoms. The van der Waals surface area contributed by atoms with Gasteiger partial charge in [0.1, 0.15) is 5.01 Å². The summed E-state index contributed by atoms with van der Waals surface area (Å²) in [6.07, 6.45) is 2.66. The van der Waals surface area contributed by atoms with Crippen LogP contribution in [0.15, 0.2) is 5.38 Å². The Morgan fingerprint density at radius 2 is 2.38 bits per heavy atom. The molecule has 1 fully saturated rings. The van der Waals surface area contributed by atoms with Crippen molar-refractivity contribution in [2.75, 3.05) is 6.61 Å². The Bertz CT molecular complexity index is 321. The standard InChI is InChI=1S/C12H20N2OS/c1-9(2)6-15-7-11-8-16-12(14-11)5-13-10-3-4-10/h8-10,13H,3-7H2,1-2H3. The van der Waals surface area contributed by atoms with Crippen molar-refractivity contribution in [3.63, 3.8) is 0 Å². The predicted octanol–water partition coefficient (Wildman–Crippen LogP) is 2.57. The number of hydrogen-bond acceptors (Lipinski definition) is 4. The summed E-state index contributed by atoms with van der Waals surface area (Å²) < 4.78 is 5.56. The molecule has 1 aromatic heterocycles. The average Bonchev–Trinajstić information content (AvgIpc) is 2.96. The van der Waals surface area contributed by atoms with E-state index in [1.165, 1.54) is 17.8 Å². The van der Waals surface area contributed by atoms with E-state index >= 15 is 0 Å². The van der Waals surface area contributed by atoms with Crippen LogP contribution in [0.3, 0.4) is 0 Å². The molecule has 0 bridgehead atoms. The highest BCUT2D eigenvalue weighted by Crippen LogP contribution is 2.20. The van der Waals surface area contributed by atoms with Crippen LogP contribution in [-0.2, 0) is 17.9 Å². The van der Waals surface area contributed by atoms with Crippen molar-refractivity contribution in [3.8, 4) is 0 Å². The first-order valence-electron chi connectivity index (χ1n) is 5.98. The van der Waals surface area contributed by atoms with Crippen LogP contribution in [0, 0.1) is 5.92 Å². The first kappa shape index (κ1) is 12.0. The van der Waals surface area contributed by atoms with Gasteiger partial charge in [-0.3, -0.25) is 0 Å². The molecule has 1 aliphatic rings. The number of aromatic nitrogens is 1. The zero-order valence-corrected chi connectivity index (χ0v) is 10.8. The number of ether oxygens (including phenoxy) is 1. The van der Waals surface area contributed by atoms with Crippen molar-refractivity contribution < 1.29 is 4.74 Å². The Hall–Kier alpha value is -0.450. The Kier molecular flexibility index (Phi) is 4.32.